The molecule has 2 heterocycles. The van der Waals surface area contributed by atoms with Gasteiger partial charge in [-0.15, -0.1) is 5.10 Å². The second kappa shape index (κ2) is 6.63. The SMILES string of the molecule is Cn1/c(=N/NC(=O)CN=C2NS(=O)(=O)c3ccccc32)sc2ccccc21. The normalized spacial score (nSPS) is 17.1. The van der Waals surface area contributed by atoms with Gasteiger partial charge < -0.3 is 4.57 Å². The molecule has 3 aromatic rings. The smallest absolute Gasteiger partial charge is 0.263 e. The Balaban J connectivity index is 1.52. The summed E-state index contributed by atoms with van der Waals surface area (Å²) in [5.41, 5.74) is 3.94. The molecule has 0 fully saturated rings. The molecule has 0 bridgehead atoms. The van der Waals surface area contributed by atoms with Gasteiger partial charge in [-0.1, -0.05) is 35.6 Å². The number of hydrogen-bond donors (Lipinski definition) is 2. The lowest BCUT2D eigenvalue weighted by molar-refractivity contribution is -0.119. The van der Waals surface area contributed by atoms with Crippen LogP contribution in [0.1, 0.15) is 5.56 Å². The molecule has 2 aromatic carbocycles. The number of nitrogens with one attached hydrogen (secondary N) is 2. The van der Waals surface area contributed by atoms with Gasteiger partial charge in [-0.2, -0.15) is 0 Å². The molecule has 1 aromatic heterocycles. The summed E-state index contributed by atoms with van der Waals surface area (Å²) in [4.78, 5) is 17.0. The number of sulfonamides is 1. The van der Waals surface area contributed by atoms with Crippen molar-refractivity contribution in [2.45, 2.75) is 4.90 Å². The number of carbonyl (C=O) groups excluding carboxylic acids is 1. The average Bonchev–Trinajstić information content (AvgIpc) is 3.13. The fourth-order valence-electron chi connectivity index (χ4n) is 2.74. The minimum atomic E-state index is -3.62. The van der Waals surface area contributed by atoms with Gasteiger partial charge in [-0.3, -0.25) is 14.5 Å². The van der Waals surface area contributed by atoms with Crippen molar-refractivity contribution in [2.75, 3.05) is 6.54 Å². The Bertz CT molecular complexity index is 1250. The van der Waals surface area contributed by atoms with Gasteiger partial charge in [0.15, 0.2) is 0 Å². The van der Waals surface area contributed by atoms with Gasteiger partial charge in [-0.05, 0) is 24.3 Å². The first kappa shape index (κ1) is 17.4. The Morgan fingerprint density at radius 3 is 2.74 bits per heavy atom. The predicted octanol–water partition coefficient (Wildman–Crippen LogP) is 0.910. The number of rotatable bonds is 3. The number of benzene rings is 2. The van der Waals surface area contributed by atoms with E-state index in [0.717, 1.165) is 10.2 Å². The van der Waals surface area contributed by atoms with Crippen LogP contribution in [0.4, 0.5) is 0 Å². The molecular formula is C17H15N5O3S2. The van der Waals surface area contributed by atoms with E-state index in [-0.39, 0.29) is 17.3 Å². The van der Waals surface area contributed by atoms with Gasteiger partial charge in [0.25, 0.3) is 15.9 Å². The monoisotopic (exact) mass is 401 g/mol. The van der Waals surface area contributed by atoms with Crippen LogP contribution in [0.2, 0.25) is 0 Å². The number of para-hydroxylation sites is 1. The van der Waals surface area contributed by atoms with Crippen LogP contribution in [0.5, 0.6) is 0 Å². The largest absolute Gasteiger partial charge is 0.318 e. The summed E-state index contributed by atoms with van der Waals surface area (Å²) in [7, 11) is -1.75. The number of amidine groups is 1. The molecule has 1 aliphatic rings. The summed E-state index contributed by atoms with van der Waals surface area (Å²) < 4.78 is 29.4. The van der Waals surface area contributed by atoms with E-state index in [9.17, 15) is 13.2 Å². The Kier molecular flexibility index (Phi) is 4.28. The number of aromatic nitrogens is 1. The van der Waals surface area contributed by atoms with Crippen molar-refractivity contribution >= 4 is 43.3 Å². The molecule has 0 radical (unpaired) electrons. The zero-order chi connectivity index (χ0) is 19.0. The van der Waals surface area contributed by atoms with Crippen molar-refractivity contribution in [3.63, 3.8) is 0 Å². The molecule has 0 atom stereocenters. The highest BCUT2D eigenvalue weighted by Crippen LogP contribution is 2.22. The Morgan fingerprint density at radius 2 is 1.93 bits per heavy atom. The maximum atomic E-state index is 12.1. The molecule has 8 nitrogen and oxygen atoms in total. The second-order valence-corrected chi connectivity index (χ2v) is 8.48. The molecule has 10 heteroatoms. The summed E-state index contributed by atoms with van der Waals surface area (Å²) in [5.74, 6) is -0.281. The number of thiazole rings is 1. The molecule has 1 amide bonds. The van der Waals surface area contributed by atoms with Gasteiger partial charge in [0.1, 0.15) is 12.4 Å². The molecule has 0 unspecified atom stereocenters. The van der Waals surface area contributed by atoms with E-state index in [2.05, 4.69) is 20.2 Å². The van der Waals surface area contributed by atoms with Crippen molar-refractivity contribution in [3.8, 4) is 0 Å². The highest BCUT2D eigenvalue weighted by molar-refractivity contribution is 7.90. The highest BCUT2D eigenvalue weighted by Gasteiger charge is 2.30. The van der Waals surface area contributed by atoms with Gasteiger partial charge in [0, 0.05) is 12.6 Å². The van der Waals surface area contributed by atoms with Crippen LogP contribution < -0.4 is 14.9 Å². The third-order valence-electron chi connectivity index (χ3n) is 4.03. The molecule has 27 heavy (non-hydrogen) atoms. The van der Waals surface area contributed by atoms with Crippen LogP contribution in [-0.4, -0.2) is 31.3 Å². The molecule has 138 valence electrons. The van der Waals surface area contributed by atoms with E-state index in [1.807, 2.05) is 35.9 Å². The van der Waals surface area contributed by atoms with E-state index < -0.39 is 15.9 Å². The summed E-state index contributed by atoms with van der Waals surface area (Å²) >= 11 is 1.45. The third kappa shape index (κ3) is 3.24. The van der Waals surface area contributed by atoms with Crippen molar-refractivity contribution in [2.24, 2.45) is 17.1 Å². The van der Waals surface area contributed by atoms with Crippen LogP contribution in [0.25, 0.3) is 10.2 Å². The summed E-state index contributed by atoms with van der Waals surface area (Å²) in [6, 6.07) is 14.3. The maximum absolute atomic E-state index is 12.1. The average molecular weight is 401 g/mol. The fraction of sp³-hybridized carbons (Fsp3) is 0.118. The van der Waals surface area contributed by atoms with Crippen molar-refractivity contribution in [3.05, 3.63) is 58.9 Å². The Morgan fingerprint density at radius 1 is 1.19 bits per heavy atom. The minimum Gasteiger partial charge on any atom is -0.318 e. The van der Waals surface area contributed by atoms with Gasteiger partial charge in [-0.25, -0.2) is 13.8 Å². The summed E-state index contributed by atoms with van der Waals surface area (Å²) in [6.45, 7) is -0.246. The van der Waals surface area contributed by atoms with Crippen molar-refractivity contribution < 1.29 is 13.2 Å². The lowest BCUT2D eigenvalue weighted by Crippen LogP contribution is -2.27. The second-order valence-electron chi connectivity index (χ2n) is 5.82. The maximum Gasteiger partial charge on any atom is 0.263 e. The zero-order valence-electron chi connectivity index (χ0n) is 14.2. The number of aryl methyl sites for hydroxylation is 1. The van der Waals surface area contributed by atoms with Crippen LogP contribution in [0.3, 0.4) is 0 Å². The highest BCUT2D eigenvalue weighted by atomic mass is 32.2. The first-order valence-corrected chi connectivity index (χ1v) is 10.3. The van der Waals surface area contributed by atoms with Crippen molar-refractivity contribution in [1.29, 1.82) is 0 Å². The van der Waals surface area contributed by atoms with Crippen LogP contribution >= 0.6 is 11.3 Å². The molecule has 0 saturated carbocycles. The van der Waals surface area contributed by atoms with Gasteiger partial charge in [0.05, 0.1) is 15.1 Å². The molecule has 1 aliphatic heterocycles. The molecule has 0 aliphatic carbocycles. The lowest BCUT2D eigenvalue weighted by Gasteiger charge is -1.99. The first-order valence-electron chi connectivity index (χ1n) is 7.99. The van der Waals surface area contributed by atoms with E-state index >= 15 is 0 Å². The zero-order valence-corrected chi connectivity index (χ0v) is 15.8. The molecular weight excluding hydrogens is 386 g/mol. The Labute approximate surface area is 158 Å². The number of fused-ring (bicyclic) bond motifs is 2. The van der Waals surface area contributed by atoms with Gasteiger partial charge >= 0.3 is 0 Å². The topological polar surface area (TPSA) is 105 Å². The molecule has 2 N–H and O–H groups in total. The number of hydrogen-bond acceptors (Lipinski definition) is 6. The number of amides is 1. The Hall–Kier alpha value is -2.98. The standard InChI is InChI=1S/C17H15N5O3S2/c1-22-12-7-3-4-8-13(12)26-17(22)20-19-15(23)10-18-16-11-6-2-5-9-14(11)27(24,25)21-16/h2-9H,10H2,1H3,(H,18,21)(H,19,23)/b20-17-. The van der Waals surface area contributed by atoms with Crippen LogP contribution in [-0.2, 0) is 21.9 Å². The summed E-state index contributed by atoms with van der Waals surface area (Å²) in [6.07, 6.45) is 0. The van der Waals surface area contributed by atoms with E-state index in [4.69, 9.17) is 0 Å². The van der Waals surface area contributed by atoms with Crippen LogP contribution in [0, 0.1) is 0 Å². The third-order valence-corrected chi connectivity index (χ3v) is 6.54. The van der Waals surface area contributed by atoms with E-state index in [1.54, 1.807) is 18.2 Å². The molecule has 0 spiro atoms. The number of nitrogens with zero attached hydrogens (tertiary/aromatic N) is 3. The quantitative estimate of drug-likeness (QED) is 0.637. The molecule has 4 rings (SSSR count). The van der Waals surface area contributed by atoms with E-state index in [1.165, 1.54) is 17.4 Å². The lowest BCUT2D eigenvalue weighted by atomic mass is 10.2. The summed E-state index contributed by atoms with van der Waals surface area (Å²) in [5, 5.41) is 4.14. The number of aliphatic imine (C=N–C) groups is 1. The van der Waals surface area contributed by atoms with Crippen molar-refractivity contribution in [1.82, 2.24) is 14.7 Å². The first-order chi connectivity index (χ1) is 13.0. The number of carbonyl (C=O) groups is 1. The molecule has 0 saturated heterocycles. The minimum absolute atomic E-state index is 0.158. The van der Waals surface area contributed by atoms with E-state index in [0.29, 0.717) is 10.4 Å². The predicted molar refractivity (Wildman–Crippen MR) is 103 cm³/mol. The fourth-order valence-corrected chi connectivity index (χ4v) is 4.97. The van der Waals surface area contributed by atoms with Crippen LogP contribution in [0.15, 0.2) is 63.5 Å². The van der Waals surface area contributed by atoms with Gasteiger partial charge in [0.2, 0.25) is 4.80 Å².